The molecule has 3 rings (SSSR count). The van der Waals surface area contributed by atoms with Crippen LogP contribution in [0.1, 0.15) is 10.4 Å². The fraction of sp³-hybridized carbons (Fsp3) is 0.118. The normalized spacial score (nSPS) is 10.7. The minimum absolute atomic E-state index is 0.0621. The summed E-state index contributed by atoms with van der Waals surface area (Å²) in [4.78, 5) is 0.737. The molecule has 118 valence electrons. The molecule has 0 bridgehead atoms. The number of nitrogens with one attached hydrogen (secondary N) is 1. The second-order valence-electron chi connectivity index (χ2n) is 4.98. The van der Waals surface area contributed by atoms with Crippen LogP contribution in [0, 0.1) is 11.2 Å². The van der Waals surface area contributed by atoms with E-state index in [2.05, 4.69) is 0 Å². The van der Waals surface area contributed by atoms with E-state index in [0.29, 0.717) is 12.4 Å². The van der Waals surface area contributed by atoms with E-state index in [4.69, 9.17) is 20.6 Å². The lowest BCUT2D eigenvalue weighted by Gasteiger charge is -2.08. The summed E-state index contributed by atoms with van der Waals surface area (Å²) in [5.41, 5.74) is 6.33. The van der Waals surface area contributed by atoms with Crippen LogP contribution in [0.2, 0.25) is 0 Å². The molecule has 0 unspecified atom stereocenters. The highest BCUT2D eigenvalue weighted by Crippen LogP contribution is 2.29. The lowest BCUT2D eigenvalue weighted by Crippen LogP contribution is -2.08. The van der Waals surface area contributed by atoms with Crippen LogP contribution >= 0.6 is 11.3 Å². The highest BCUT2D eigenvalue weighted by molar-refractivity contribution is 7.20. The van der Waals surface area contributed by atoms with Crippen molar-refractivity contribution in [3.05, 3.63) is 58.7 Å². The first-order chi connectivity index (χ1) is 11.1. The van der Waals surface area contributed by atoms with Gasteiger partial charge in [-0.25, -0.2) is 4.39 Å². The molecule has 0 saturated carbocycles. The molecule has 0 aliphatic carbocycles. The van der Waals surface area contributed by atoms with Gasteiger partial charge in [-0.3, -0.25) is 5.41 Å². The molecule has 23 heavy (non-hydrogen) atoms. The fourth-order valence-electron chi connectivity index (χ4n) is 2.19. The molecular weight excluding hydrogens is 315 g/mol. The van der Waals surface area contributed by atoms with Crippen molar-refractivity contribution in [2.24, 2.45) is 5.73 Å². The summed E-state index contributed by atoms with van der Waals surface area (Å²) in [5, 5.41) is 8.51. The number of benzene rings is 2. The van der Waals surface area contributed by atoms with Crippen LogP contribution in [-0.4, -0.2) is 12.9 Å². The SMILES string of the molecule is COc1cc(COc2ccc3cc(C(=N)N)sc3c2)ccc1F. The number of methoxy groups -OCH3 is 1. The van der Waals surface area contributed by atoms with Gasteiger partial charge in [-0.1, -0.05) is 6.07 Å². The van der Waals surface area contributed by atoms with Crippen molar-refractivity contribution in [1.82, 2.24) is 0 Å². The van der Waals surface area contributed by atoms with Gasteiger partial charge < -0.3 is 15.2 Å². The predicted octanol–water partition coefficient (Wildman–Crippen LogP) is 3.91. The van der Waals surface area contributed by atoms with Gasteiger partial charge in [-0.05, 0) is 47.3 Å². The van der Waals surface area contributed by atoms with Gasteiger partial charge in [0.1, 0.15) is 18.2 Å². The van der Waals surface area contributed by atoms with Crippen molar-refractivity contribution in [2.45, 2.75) is 6.61 Å². The lowest BCUT2D eigenvalue weighted by molar-refractivity contribution is 0.305. The molecule has 0 radical (unpaired) electrons. The van der Waals surface area contributed by atoms with Gasteiger partial charge >= 0.3 is 0 Å². The van der Waals surface area contributed by atoms with Gasteiger partial charge in [0, 0.05) is 4.70 Å². The third kappa shape index (κ3) is 3.27. The quantitative estimate of drug-likeness (QED) is 0.550. The Morgan fingerprint density at radius 1 is 1.22 bits per heavy atom. The molecule has 0 spiro atoms. The topological polar surface area (TPSA) is 68.3 Å². The van der Waals surface area contributed by atoms with Gasteiger partial charge in [0.05, 0.1) is 12.0 Å². The van der Waals surface area contributed by atoms with Crippen molar-refractivity contribution >= 4 is 27.3 Å². The first-order valence-corrected chi connectivity index (χ1v) is 7.71. The van der Waals surface area contributed by atoms with Crippen LogP contribution in [0.25, 0.3) is 10.1 Å². The Morgan fingerprint density at radius 2 is 2.04 bits per heavy atom. The second kappa shape index (κ2) is 6.26. The van der Waals surface area contributed by atoms with E-state index in [1.807, 2.05) is 24.3 Å². The second-order valence-corrected chi connectivity index (χ2v) is 6.07. The van der Waals surface area contributed by atoms with Crippen LogP contribution in [0.4, 0.5) is 4.39 Å². The number of halogens is 1. The van der Waals surface area contributed by atoms with Crippen LogP contribution in [-0.2, 0) is 6.61 Å². The Bertz CT molecular complexity index is 876. The Hall–Kier alpha value is -2.60. The van der Waals surface area contributed by atoms with E-state index >= 15 is 0 Å². The van der Waals surface area contributed by atoms with Crippen molar-refractivity contribution in [2.75, 3.05) is 7.11 Å². The van der Waals surface area contributed by atoms with Crippen molar-refractivity contribution in [3.8, 4) is 11.5 Å². The van der Waals surface area contributed by atoms with Crippen LogP contribution < -0.4 is 15.2 Å². The van der Waals surface area contributed by atoms with Crippen molar-refractivity contribution in [3.63, 3.8) is 0 Å². The van der Waals surface area contributed by atoms with Gasteiger partial charge in [-0.2, -0.15) is 0 Å². The number of amidine groups is 1. The summed E-state index contributed by atoms with van der Waals surface area (Å²) in [5.74, 6) is 0.573. The molecule has 0 aliphatic heterocycles. The third-order valence-corrected chi connectivity index (χ3v) is 4.51. The zero-order valence-electron chi connectivity index (χ0n) is 12.4. The number of ether oxygens (including phenoxy) is 2. The lowest BCUT2D eigenvalue weighted by atomic mass is 10.2. The molecule has 0 fully saturated rings. The summed E-state index contributed by atoms with van der Waals surface area (Å²) >= 11 is 1.45. The zero-order valence-corrected chi connectivity index (χ0v) is 13.2. The summed E-state index contributed by atoms with van der Waals surface area (Å²) in [6, 6.07) is 12.2. The number of nitrogens with two attached hydrogens (primary N) is 1. The van der Waals surface area contributed by atoms with E-state index < -0.39 is 5.82 Å². The standard InChI is InChI=1S/C17H15FN2O2S/c1-21-14-6-10(2-5-13(14)18)9-22-12-4-3-11-7-16(17(19)20)23-15(11)8-12/h2-8H,9H2,1H3,(H3,19,20). The molecule has 2 aromatic carbocycles. The van der Waals surface area contributed by atoms with Gasteiger partial charge in [0.15, 0.2) is 11.6 Å². The average Bonchev–Trinajstić information content (AvgIpc) is 2.97. The Balaban J connectivity index is 1.77. The van der Waals surface area contributed by atoms with Gasteiger partial charge in [-0.15, -0.1) is 11.3 Å². The molecule has 0 saturated heterocycles. The fourth-order valence-corrected chi connectivity index (χ4v) is 3.15. The Kier molecular flexibility index (Phi) is 4.16. The van der Waals surface area contributed by atoms with E-state index in [0.717, 1.165) is 20.5 Å². The van der Waals surface area contributed by atoms with Crippen molar-refractivity contribution < 1.29 is 13.9 Å². The maximum Gasteiger partial charge on any atom is 0.165 e. The molecule has 0 amide bonds. The van der Waals surface area contributed by atoms with Gasteiger partial charge in [0.25, 0.3) is 0 Å². The minimum Gasteiger partial charge on any atom is -0.494 e. The van der Waals surface area contributed by atoms with E-state index in [9.17, 15) is 4.39 Å². The number of nitrogen functional groups attached to an aromatic ring is 1. The number of hydrogen-bond donors (Lipinski definition) is 2. The zero-order chi connectivity index (χ0) is 16.4. The molecule has 4 nitrogen and oxygen atoms in total. The number of thiophene rings is 1. The molecule has 6 heteroatoms. The Labute approximate surface area is 136 Å². The minimum atomic E-state index is -0.395. The van der Waals surface area contributed by atoms with Crippen LogP contribution in [0.3, 0.4) is 0 Å². The molecule has 1 aromatic heterocycles. The number of rotatable bonds is 5. The molecule has 3 N–H and O–H groups in total. The molecule has 0 atom stereocenters. The number of fused-ring (bicyclic) bond motifs is 1. The third-order valence-electron chi connectivity index (χ3n) is 3.38. The summed E-state index contributed by atoms with van der Waals surface area (Å²) in [6.45, 7) is 0.313. The first-order valence-electron chi connectivity index (χ1n) is 6.90. The van der Waals surface area contributed by atoms with E-state index in [1.54, 1.807) is 12.1 Å². The van der Waals surface area contributed by atoms with Crippen LogP contribution in [0.15, 0.2) is 42.5 Å². The summed E-state index contributed by atoms with van der Waals surface area (Å²) in [7, 11) is 1.43. The largest absolute Gasteiger partial charge is 0.494 e. The Morgan fingerprint density at radius 3 is 2.78 bits per heavy atom. The maximum atomic E-state index is 13.4. The molecular formula is C17H15FN2O2S. The average molecular weight is 330 g/mol. The number of hydrogen-bond acceptors (Lipinski definition) is 4. The highest BCUT2D eigenvalue weighted by Gasteiger charge is 2.07. The predicted molar refractivity (Wildman–Crippen MR) is 90.1 cm³/mol. The summed E-state index contributed by atoms with van der Waals surface area (Å²) < 4.78 is 25.1. The van der Waals surface area contributed by atoms with Crippen LogP contribution in [0.5, 0.6) is 11.5 Å². The monoisotopic (exact) mass is 330 g/mol. The van der Waals surface area contributed by atoms with E-state index in [-0.39, 0.29) is 11.6 Å². The van der Waals surface area contributed by atoms with Gasteiger partial charge in [0.2, 0.25) is 0 Å². The molecule has 3 aromatic rings. The summed E-state index contributed by atoms with van der Waals surface area (Å²) in [6.07, 6.45) is 0. The first kappa shape index (κ1) is 15.3. The maximum absolute atomic E-state index is 13.4. The molecule has 1 heterocycles. The smallest absolute Gasteiger partial charge is 0.165 e. The molecule has 0 aliphatic rings. The highest BCUT2D eigenvalue weighted by atomic mass is 32.1. The van der Waals surface area contributed by atoms with E-state index in [1.165, 1.54) is 24.5 Å². The van der Waals surface area contributed by atoms with Crippen molar-refractivity contribution in [1.29, 1.82) is 5.41 Å².